The van der Waals surface area contributed by atoms with Crippen molar-refractivity contribution in [2.45, 2.75) is 13.8 Å². The fourth-order valence-electron chi connectivity index (χ4n) is 1.24. The van der Waals surface area contributed by atoms with Gasteiger partial charge in [-0.3, -0.25) is 14.5 Å². The van der Waals surface area contributed by atoms with Crippen LogP contribution in [0.5, 0.6) is 0 Å². The fraction of sp³-hybridized carbons (Fsp3) is 0.571. The van der Waals surface area contributed by atoms with Gasteiger partial charge in [0.15, 0.2) is 5.71 Å². The van der Waals surface area contributed by atoms with Crippen LogP contribution < -0.4 is 0 Å². The van der Waals surface area contributed by atoms with Crippen LogP contribution in [0.4, 0.5) is 9.59 Å². The van der Waals surface area contributed by atoms with Gasteiger partial charge in [-0.15, -0.1) is 11.8 Å². The molecule has 0 saturated heterocycles. The van der Waals surface area contributed by atoms with Crippen LogP contribution in [0.25, 0.3) is 0 Å². The Bertz CT molecular complexity index is 667. The van der Waals surface area contributed by atoms with Crippen LogP contribution in [0.3, 0.4) is 0 Å². The van der Waals surface area contributed by atoms with Gasteiger partial charge in [0.25, 0.3) is 5.91 Å². The van der Waals surface area contributed by atoms with E-state index in [4.69, 9.17) is 9.68 Å². The quantitative estimate of drug-likeness (QED) is 0.195. The van der Waals surface area contributed by atoms with E-state index < -0.39 is 18.1 Å². The van der Waals surface area contributed by atoms with Gasteiger partial charge in [-0.2, -0.15) is 0 Å². The summed E-state index contributed by atoms with van der Waals surface area (Å²) in [7, 11) is 7.02. The van der Waals surface area contributed by atoms with Gasteiger partial charge in [-0.25, -0.2) is 18.2 Å². The number of oxime groups is 3. The van der Waals surface area contributed by atoms with Crippen LogP contribution in [-0.2, 0) is 19.3 Å². The Morgan fingerprint density at radius 2 is 1.36 bits per heavy atom. The number of hydrogen-bond donors (Lipinski definition) is 0. The predicted molar refractivity (Wildman–Crippen MR) is 109 cm³/mol. The number of amides is 3. The van der Waals surface area contributed by atoms with Gasteiger partial charge in [-0.05, 0) is 20.1 Å². The molecule has 14 heteroatoms. The van der Waals surface area contributed by atoms with Gasteiger partial charge in [-0.1, -0.05) is 15.5 Å². The summed E-state index contributed by atoms with van der Waals surface area (Å²) in [6, 6.07) is 0. The molecule has 12 nitrogen and oxygen atoms in total. The molecule has 0 radical (unpaired) electrons. The normalized spacial score (nSPS) is 12.2. The number of hydrogen-bond acceptors (Lipinski definition) is 11. The van der Waals surface area contributed by atoms with E-state index in [1.54, 1.807) is 13.2 Å². The molecule has 0 heterocycles. The predicted octanol–water partition coefficient (Wildman–Crippen LogP) is 1.85. The Balaban J connectivity index is 5.02. The first-order chi connectivity index (χ1) is 13.0. The minimum Gasteiger partial charge on any atom is -0.399 e. The number of rotatable bonds is 7. The molecule has 0 rings (SSSR count). The molecule has 0 bridgehead atoms. The highest BCUT2D eigenvalue weighted by Crippen LogP contribution is 2.15. The molecule has 0 aliphatic rings. The largest absolute Gasteiger partial charge is 0.447 e. The van der Waals surface area contributed by atoms with E-state index in [-0.39, 0.29) is 11.4 Å². The lowest BCUT2D eigenvalue weighted by molar-refractivity contribution is -0.121. The number of carbonyl (C=O) groups is 3. The lowest BCUT2D eigenvalue weighted by atomic mass is 10.2. The second-order valence-corrected chi connectivity index (χ2v) is 7.36. The Labute approximate surface area is 172 Å². The smallest absolute Gasteiger partial charge is 0.399 e. The molecule has 0 atom stereocenters. The van der Waals surface area contributed by atoms with Gasteiger partial charge in [0.1, 0.15) is 17.9 Å². The summed E-state index contributed by atoms with van der Waals surface area (Å²) in [4.78, 5) is 51.3. The molecule has 28 heavy (non-hydrogen) atoms. The molecule has 3 amide bonds. The van der Waals surface area contributed by atoms with Crippen LogP contribution in [0, 0.1) is 0 Å². The van der Waals surface area contributed by atoms with Crippen LogP contribution in [0.1, 0.15) is 13.8 Å². The average Bonchev–Trinajstić information content (AvgIpc) is 2.65. The van der Waals surface area contributed by atoms with Crippen LogP contribution in [0.15, 0.2) is 15.5 Å². The van der Waals surface area contributed by atoms with E-state index in [0.29, 0.717) is 17.2 Å². The van der Waals surface area contributed by atoms with Gasteiger partial charge in [0.05, 0.1) is 12.1 Å². The van der Waals surface area contributed by atoms with E-state index in [0.717, 1.165) is 8.61 Å². The molecule has 0 unspecified atom stereocenters. The molecular formula is C14H24N6O6S2. The molecule has 0 N–H and O–H groups in total. The first kappa shape index (κ1) is 25.5. The SMILES string of the molecule is CON=C(C)C(=NOC(=O)N(C)SN(C)C(=O)ON=C(C)SC)C(=O)N(C)C. The molecule has 0 aliphatic heterocycles. The van der Waals surface area contributed by atoms with Crippen molar-refractivity contribution in [2.24, 2.45) is 15.5 Å². The summed E-state index contributed by atoms with van der Waals surface area (Å²) in [5, 5.41) is 11.3. The second-order valence-electron chi connectivity index (χ2n) is 5.10. The molecule has 0 aromatic rings. The lowest BCUT2D eigenvalue weighted by Gasteiger charge is -2.19. The third kappa shape index (κ3) is 8.94. The molecular weight excluding hydrogens is 412 g/mol. The van der Waals surface area contributed by atoms with Crippen molar-refractivity contribution in [2.75, 3.05) is 41.6 Å². The van der Waals surface area contributed by atoms with Crippen LogP contribution in [0.2, 0.25) is 0 Å². The molecule has 0 spiro atoms. The highest BCUT2D eigenvalue weighted by Gasteiger charge is 2.22. The molecule has 0 aliphatic carbocycles. The van der Waals surface area contributed by atoms with Gasteiger partial charge < -0.3 is 9.74 Å². The summed E-state index contributed by atoms with van der Waals surface area (Å²) < 4.78 is 1.99. The third-order valence-corrected chi connectivity index (χ3v) is 4.15. The molecule has 0 aromatic carbocycles. The number of carbonyl (C=O) groups excluding carboxylic acids is 3. The number of nitrogens with zero attached hydrogens (tertiary/aromatic N) is 6. The molecule has 0 saturated carbocycles. The van der Waals surface area contributed by atoms with Crippen molar-refractivity contribution in [1.29, 1.82) is 0 Å². The average molecular weight is 437 g/mol. The standard InChI is InChI=1S/C14H24N6O6S2/c1-9(15-24-7)11(12(21)18(3)4)17-26-14(23)20(6)28-19(5)13(22)25-16-10(2)27-8/h1-8H3. The third-order valence-electron chi connectivity index (χ3n) is 2.70. The Morgan fingerprint density at radius 1 is 0.857 bits per heavy atom. The zero-order valence-corrected chi connectivity index (χ0v) is 18.6. The topological polar surface area (TPSA) is 126 Å². The van der Waals surface area contributed by atoms with E-state index in [2.05, 4.69) is 20.3 Å². The van der Waals surface area contributed by atoms with E-state index in [9.17, 15) is 14.4 Å². The van der Waals surface area contributed by atoms with E-state index >= 15 is 0 Å². The van der Waals surface area contributed by atoms with Crippen LogP contribution in [-0.4, -0.2) is 89.6 Å². The van der Waals surface area contributed by atoms with Crippen molar-refractivity contribution in [3.8, 4) is 0 Å². The maximum atomic E-state index is 12.1. The van der Waals surface area contributed by atoms with E-state index in [1.807, 2.05) is 0 Å². The minimum absolute atomic E-state index is 0.118. The fourth-order valence-corrected chi connectivity index (χ4v) is 1.92. The van der Waals surface area contributed by atoms with Gasteiger partial charge >= 0.3 is 12.2 Å². The first-order valence-electron chi connectivity index (χ1n) is 7.58. The first-order valence-corrected chi connectivity index (χ1v) is 9.54. The highest BCUT2D eigenvalue weighted by atomic mass is 32.2. The summed E-state index contributed by atoms with van der Waals surface area (Å²) in [6.45, 7) is 3.14. The Hall–Kier alpha value is -2.48. The molecule has 0 fully saturated rings. The number of thioether (sulfide) groups is 1. The summed E-state index contributed by atoms with van der Waals surface area (Å²) >= 11 is 2.00. The van der Waals surface area contributed by atoms with Crippen molar-refractivity contribution >= 4 is 58.5 Å². The summed E-state index contributed by atoms with van der Waals surface area (Å²) in [6.07, 6.45) is 0.0416. The van der Waals surface area contributed by atoms with Gasteiger partial charge in [0, 0.05) is 28.2 Å². The Kier molecular flexibility index (Phi) is 11.7. The zero-order valence-electron chi connectivity index (χ0n) is 16.9. The Morgan fingerprint density at radius 3 is 1.79 bits per heavy atom. The van der Waals surface area contributed by atoms with Crippen molar-refractivity contribution in [3.05, 3.63) is 0 Å². The van der Waals surface area contributed by atoms with Crippen molar-refractivity contribution in [3.63, 3.8) is 0 Å². The maximum Gasteiger partial charge on any atom is 0.447 e. The van der Waals surface area contributed by atoms with Gasteiger partial charge in [0.2, 0.25) is 0 Å². The van der Waals surface area contributed by atoms with Crippen LogP contribution >= 0.6 is 23.9 Å². The molecule has 0 aromatic heterocycles. The summed E-state index contributed by atoms with van der Waals surface area (Å²) in [5.41, 5.74) is -0.0970. The lowest BCUT2D eigenvalue weighted by Crippen LogP contribution is -2.35. The zero-order chi connectivity index (χ0) is 21.9. The van der Waals surface area contributed by atoms with Crippen molar-refractivity contribution < 1.29 is 28.9 Å². The summed E-state index contributed by atoms with van der Waals surface area (Å²) in [5.74, 6) is -0.538. The monoisotopic (exact) mass is 436 g/mol. The highest BCUT2D eigenvalue weighted by molar-refractivity contribution is 8.13. The molecule has 158 valence electrons. The second kappa shape index (κ2) is 12.8. The maximum absolute atomic E-state index is 12.1. The minimum atomic E-state index is -0.942. The van der Waals surface area contributed by atoms with Crippen molar-refractivity contribution in [1.82, 2.24) is 13.5 Å². The van der Waals surface area contributed by atoms with E-state index in [1.165, 1.54) is 58.9 Å².